The molecule has 2 rings (SSSR count). The van der Waals surface area contributed by atoms with E-state index in [4.69, 9.17) is 9.84 Å². The molecule has 82 valence electrons. The van der Waals surface area contributed by atoms with Gasteiger partial charge in [-0.15, -0.1) is 0 Å². The zero-order valence-corrected chi connectivity index (χ0v) is 8.60. The summed E-state index contributed by atoms with van der Waals surface area (Å²) >= 11 is 0. The molecule has 0 aromatic heterocycles. The minimum absolute atomic E-state index is 0.0288. The topological polar surface area (TPSA) is 49.7 Å². The monoisotopic (exact) mass is 208 g/mol. The van der Waals surface area contributed by atoms with Gasteiger partial charge in [-0.2, -0.15) is 0 Å². The second-order valence-corrected chi connectivity index (χ2v) is 3.92. The molecule has 3 heteroatoms. The minimum Gasteiger partial charge on any atom is -0.487 e. The summed E-state index contributed by atoms with van der Waals surface area (Å²) in [5, 5.41) is 18.7. The zero-order valence-electron chi connectivity index (χ0n) is 8.60. The van der Waals surface area contributed by atoms with Crippen LogP contribution in [0.25, 0.3) is 0 Å². The Morgan fingerprint density at radius 2 is 2.07 bits per heavy atom. The maximum absolute atomic E-state index is 9.63. The lowest BCUT2D eigenvalue weighted by Crippen LogP contribution is -2.26. The van der Waals surface area contributed by atoms with Gasteiger partial charge in [0.1, 0.15) is 11.9 Å². The van der Waals surface area contributed by atoms with Gasteiger partial charge in [-0.3, -0.25) is 0 Å². The molecule has 2 atom stereocenters. The van der Waals surface area contributed by atoms with Crippen molar-refractivity contribution in [2.24, 2.45) is 0 Å². The van der Waals surface area contributed by atoms with Crippen LogP contribution in [0.2, 0.25) is 0 Å². The van der Waals surface area contributed by atoms with Crippen LogP contribution in [0, 0.1) is 0 Å². The quantitative estimate of drug-likeness (QED) is 0.790. The molecule has 0 radical (unpaired) electrons. The molecule has 15 heavy (non-hydrogen) atoms. The summed E-state index contributed by atoms with van der Waals surface area (Å²) < 4.78 is 5.70. The van der Waals surface area contributed by atoms with E-state index in [-0.39, 0.29) is 18.8 Å². The fourth-order valence-electron chi connectivity index (χ4n) is 1.96. The molecule has 1 aromatic rings. The normalized spacial score (nSPS) is 25.5. The summed E-state index contributed by atoms with van der Waals surface area (Å²) in [6.45, 7) is -0.0288. The highest BCUT2D eigenvalue weighted by Crippen LogP contribution is 2.26. The third kappa shape index (κ3) is 2.30. The van der Waals surface area contributed by atoms with Crippen molar-refractivity contribution in [3.63, 3.8) is 0 Å². The number of para-hydroxylation sites is 1. The molecule has 1 saturated carbocycles. The summed E-state index contributed by atoms with van der Waals surface area (Å²) in [6.07, 6.45) is 2.23. The van der Waals surface area contributed by atoms with Crippen molar-refractivity contribution in [2.75, 3.05) is 0 Å². The van der Waals surface area contributed by atoms with Crippen LogP contribution >= 0.6 is 0 Å². The van der Waals surface area contributed by atoms with Gasteiger partial charge in [0.2, 0.25) is 0 Å². The second-order valence-electron chi connectivity index (χ2n) is 3.92. The van der Waals surface area contributed by atoms with Gasteiger partial charge in [0.25, 0.3) is 0 Å². The van der Waals surface area contributed by atoms with Gasteiger partial charge in [0.05, 0.1) is 12.7 Å². The van der Waals surface area contributed by atoms with Crippen LogP contribution in [0.3, 0.4) is 0 Å². The molecule has 1 aliphatic rings. The summed E-state index contributed by atoms with van der Waals surface area (Å²) in [6, 6.07) is 7.40. The number of rotatable bonds is 3. The Hall–Kier alpha value is -1.06. The fourth-order valence-corrected chi connectivity index (χ4v) is 1.96. The molecule has 0 spiro atoms. The highest BCUT2D eigenvalue weighted by atomic mass is 16.5. The lowest BCUT2D eigenvalue weighted by atomic mass is 10.2. The van der Waals surface area contributed by atoms with Crippen LogP contribution in [0.1, 0.15) is 24.8 Å². The Kier molecular flexibility index (Phi) is 3.23. The van der Waals surface area contributed by atoms with E-state index in [2.05, 4.69) is 0 Å². The third-order valence-electron chi connectivity index (χ3n) is 2.84. The van der Waals surface area contributed by atoms with E-state index < -0.39 is 0 Å². The lowest BCUT2D eigenvalue weighted by Gasteiger charge is -2.18. The summed E-state index contributed by atoms with van der Waals surface area (Å²) in [4.78, 5) is 0. The van der Waals surface area contributed by atoms with Crippen molar-refractivity contribution in [1.82, 2.24) is 0 Å². The molecule has 1 fully saturated rings. The van der Waals surface area contributed by atoms with Crippen LogP contribution in [0.15, 0.2) is 24.3 Å². The first-order chi connectivity index (χ1) is 7.31. The average Bonchev–Trinajstić information content (AvgIpc) is 2.65. The number of benzene rings is 1. The smallest absolute Gasteiger partial charge is 0.125 e. The maximum atomic E-state index is 9.63. The van der Waals surface area contributed by atoms with Crippen LogP contribution in [0.4, 0.5) is 0 Å². The van der Waals surface area contributed by atoms with Crippen molar-refractivity contribution < 1.29 is 14.9 Å². The van der Waals surface area contributed by atoms with Crippen LogP contribution in [-0.2, 0) is 6.61 Å². The van der Waals surface area contributed by atoms with Crippen molar-refractivity contribution in [2.45, 2.75) is 38.1 Å². The van der Waals surface area contributed by atoms with Gasteiger partial charge in [0.15, 0.2) is 0 Å². The van der Waals surface area contributed by atoms with Crippen molar-refractivity contribution >= 4 is 0 Å². The summed E-state index contributed by atoms with van der Waals surface area (Å²) in [5.74, 6) is 0.686. The highest BCUT2D eigenvalue weighted by Gasteiger charge is 2.27. The Balaban J connectivity index is 2.09. The molecule has 3 nitrogen and oxygen atoms in total. The number of aliphatic hydroxyl groups excluding tert-OH is 2. The Morgan fingerprint density at radius 3 is 2.73 bits per heavy atom. The molecule has 1 aliphatic carbocycles. The van der Waals surface area contributed by atoms with Gasteiger partial charge in [0, 0.05) is 5.56 Å². The SMILES string of the molecule is OCc1ccccc1O[C@H]1CCC[C@@H]1O. The van der Waals surface area contributed by atoms with Crippen molar-refractivity contribution in [3.8, 4) is 5.75 Å². The highest BCUT2D eigenvalue weighted by molar-refractivity contribution is 5.32. The number of ether oxygens (including phenoxy) is 1. The largest absolute Gasteiger partial charge is 0.487 e. The van der Waals surface area contributed by atoms with E-state index in [1.54, 1.807) is 0 Å². The number of hydrogen-bond acceptors (Lipinski definition) is 3. The van der Waals surface area contributed by atoms with E-state index >= 15 is 0 Å². The Morgan fingerprint density at radius 1 is 1.27 bits per heavy atom. The van der Waals surface area contributed by atoms with Gasteiger partial charge in [-0.05, 0) is 25.3 Å². The van der Waals surface area contributed by atoms with E-state index in [1.807, 2.05) is 24.3 Å². The first-order valence-corrected chi connectivity index (χ1v) is 5.34. The maximum Gasteiger partial charge on any atom is 0.125 e. The van der Waals surface area contributed by atoms with Gasteiger partial charge in [-0.25, -0.2) is 0 Å². The van der Waals surface area contributed by atoms with Crippen LogP contribution < -0.4 is 4.74 Å². The lowest BCUT2D eigenvalue weighted by molar-refractivity contribution is 0.0589. The van der Waals surface area contributed by atoms with E-state index in [9.17, 15) is 5.11 Å². The summed E-state index contributed by atoms with van der Waals surface area (Å²) in [7, 11) is 0. The summed E-state index contributed by atoms with van der Waals surface area (Å²) in [5.41, 5.74) is 0.775. The molecule has 0 heterocycles. The van der Waals surface area contributed by atoms with E-state index in [0.29, 0.717) is 5.75 Å². The molecule has 0 aliphatic heterocycles. The second kappa shape index (κ2) is 4.64. The van der Waals surface area contributed by atoms with Crippen LogP contribution in [0.5, 0.6) is 5.75 Å². The molecule has 0 unspecified atom stereocenters. The number of hydrogen-bond donors (Lipinski definition) is 2. The van der Waals surface area contributed by atoms with E-state index in [0.717, 1.165) is 24.8 Å². The van der Waals surface area contributed by atoms with Gasteiger partial charge in [-0.1, -0.05) is 18.2 Å². The predicted molar refractivity (Wildman–Crippen MR) is 56.6 cm³/mol. The van der Waals surface area contributed by atoms with Crippen LogP contribution in [-0.4, -0.2) is 22.4 Å². The Labute approximate surface area is 89.3 Å². The average molecular weight is 208 g/mol. The minimum atomic E-state index is -0.364. The molecule has 0 bridgehead atoms. The van der Waals surface area contributed by atoms with Crippen molar-refractivity contribution in [3.05, 3.63) is 29.8 Å². The zero-order chi connectivity index (χ0) is 10.7. The number of aliphatic hydroxyl groups is 2. The molecule has 0 saturated heterocycles. The molecular formula is C12H16O3. The van der Waals surface area contributed by atoms with Crippen molar-refractivity contribution in [1.29, 1.82) is 0 Å². The Bertz CT molecular complexity index is 324. The third-order valence-corrected chi connectivity index (χ3v) is 2.84. The molecule has 1 aromatic carbocycles. The van der Waals surface area contributed by atoms with Gasteiger partial charge >= 0.3 is 0 Å². The standard InChI is InChI=1S/C12H16O3/c13-8-9-4-1-2-6-11(9)15-12-7-3-5-10(12)14/h1-2,4,6,10,12-14H,3,5,7-8H2/t10-,12-/m0/s1. The fraction of sp³-hybridized carbons (Fsp3) is 0.500. The van der Waals surface area contributed by atoms with Gasteiger partial charge < -0.3 is 14.9 Å². The first-order valence-electron chi connectivity index (χ1n) is 5.34. The first kappa shape index (κ1) is 10.5. The van der Waals surface area contributed by atoms with E-state index in [1.165, 1.54) is 0 Å². The molecule has 2 N–H and O–H groups in total. The predicted octanol–water partition coefficient (Wildman–Crippen LogP) is 1.47. The molecular weight excluding hydrogens is 192 g/mol. The molecule has 0 amide bonds.